The van der Waals surface area contributed by atoms with E-state index >= 15 is 0 Å². The van der Waals surface area contributed by atoms with Crippen LogP contribution in [0.4, 0.5) is 0 Å². The van der Waals surface area contributed by atoms with Crippen LogP contribution in [0.1, 0.15) is 73.1 Å². The summed E-state index contributed by atoms with van der Waals surface area (Å²) < 4.78 is 0. The van der Waals surface area contributed by atoms with E-state index in [1.807, 2.05) is 0 Å². The molecule has 1 heterocycles. The molecule has 0 aromatic rings. The first-order valence-electron chi connectivity index (χ1n) is 9.14. The average molecular weight is 295 g/mol. The lowest BCUT2D eigenvalue weighted by atomic mass is 9.69. The minimum absolute atomic E-state index is 0.460. The fraction of sp³-hybridized carbons (Fsp3) is 1.00. The molecule has 0 bridgehead atoms. The van der Waals surface area contributed by atoms with Crippen LogP contribution in [-0.4, -0.2) is 37.1 Å². The zero-order chi connectivity index (χ0) is 15.7. The second kappa shape index (κ2) is 6.58. The molecule has 1 aliphatic carbocycles. The minimum Gasteiger partial charge on any atom is -0.315 e. The lowest BCUT2D eigenvalue weighted by Crippen LogP contribution is -2.54. The molecule has 1 saturated carbocycles. The van der Waals surface area contributed by atoms with E-state index in [2.05, 4.69) is 51.9 Å². The van der Waals surface area contributed by atoms with E-state index in [4.69, 9.17) is 0 Å². The number of nitrogens with zero attached hydrogens (tertiary/aromatic N) is 1. The van der Waals surface area contributed by atoms with Crippen LogP contribution in [0.15, 0.2) is 0 Å². The van der Waals surface area contributed by atoms with Gasteiger partial charge < -0.3 is 5.32 Å². The van der Waals surface area contributed by atoms with Crippen LogP contribution < -0.4 is 5.32 Å². The third-order valence-corrected chi connectivity index (χ3v) is 6.26. The lowest BCUT2D eigenvalue weighted by molar-refractivity contribution is 0.0606. The van der Waals surface area contributed by atoms with Crippen LogP contribution in [0.5, 0.6) is 0 Å². The van der Waals surface area contributed by atoms with Gasteiger partial charge in [0.05, 0.1) is 0 Å². The van der Waals surface area contributed by atoms with E-state index in [0.717, 1.165) is 12.0 Å². The molecule has 1 aliphatic heterocycles. The van der Waals surface area contributed by atoms with Crippen molar-refractivity contribution in [3.8, 4) is 0 Å². The van der Waals surface area contributed by atoms with Crippen LogP contribution in [0.2, 0.25) is 0 Å². The number of hydrogen-bond donors (Lipinski definition) is 1. The van der Waals surface area contributed by atoms with Gasteiger partial charge in [0.25, 0.3) is 0 Å². The molecular formula is C19H38N2. The Balaban J connectivity index is 2.06. The van der Waals surface area contributed by atoms with Gasteiger partial charge in [-0.05, 0) is 75.4 Å². The third kappa shape index (κ3) is 4.45. The zero-order valence-corrected chi connectivity index (χ0v) is 15.3. The topological polar surface area (TPSA) is 15.3 Å². The van der Waals surface area contributed by atoms with E-state index in [1.54, 1.807) is 0 Å². The lowest BCUT2D eigenvalue weighted by Gasteiger charge is -2.46. The Hall–Kier alpha value is -0.0800. The molecule has 21 heavy (non-hydrogen) atoms. The summed E-state index contributed by atoms with van der Waals surface area (Å²) in [6.07, 6.45) is 8.26. The molecule has 0 radical (unpaired) electrons. The number of hydrogen-bond acceptors (Lipinski definition) is 2. The molecule has 3 atom stereocenters. The van der Waals surface area contributed by atoms with Gasteiger partial charge in [0.1, 0.15) is 0 Å². The van der Waals surface area contributed by atoms with Crippen molar-refractivity contribution in [1.82, 2.24) is 10.2 Å². The van der Waals surface area contributed by atoms with E-state index in [-0.39, 0.29) is 0 Å². The molecule has 3 unspecified atom stereocenters. The molecule has 2 rings (SSSR count). The predicted octanol–water partition coefficient (Wildman–Crippen LogP) is 4.30. The van der Waals surface area contributed by atoms with Crippen molar-refractivity contribution >= 4 is 0 Å². The van der Waals surface area contributed by atoms with Crippen LogP contribution in [-0.2, 0) is 0 Å². The number of nitrogens with one attached hydrogen (secondary N) is 1. The Labute approximate surface area is 133 Å². The monoisotopic (exact) mass is 294 g/mol. The van der Waals surface area contributed by atoms with Crippen molar-refractivity contribution in [2.75, 3.05) is 20.1 Å². The fourth-order valence-corrected chi connectivity index (χ4v) is 4.45. The molecule has 124 valence electrons. The van der Waals surface area contributed by atoms with E-state index in [1.165, 1.54) is 51.6 Å². The van der Waals surface area contributed by atoms with E-state index < -0.39 is 0 Å². The highest BCUT2D eigenvalue weighted by Gasteiger charge is 2.38. The molecule has 2 fully saturated rings. The second-order valence-electron chi connectivity index (χ2n) is 9.39. The number of likely N-dealkylation sites (N-methyl/N-ethyl adjacent to an activating group) is 1. The maximum atomic E-state index is 3.62. The molecule has 0 amide bonds. The van der Waals surface area contributed by atoms with Gasteiger partial charge in [-0.3, -0.25) is 4.90 Å². The Morgan fingerprint density at radius 3 is 2.38 bits per heavy atom. The fourth-order valence-electron chi connectivity index (χ4n) is 4.45. The molecule has 2 heteroatoms. The van der Waals surface area contributed by atoms with Crippen molar-refractivity contribution in [1.29, 1.82) is 0 Å². The van der Waals surface area contributed by atoms with Gasteiger partial charge in [-0.2, -0.15) is 0 Å². The van der Waals surface area contributed by atoms with E-state index in [9.17, 15) is 0 Å². The standard InChI is InChI=1S/C19H38N2/c1-18(2,3)15-8-9-16(20-6)17(14-15)21-12-7-10-19(4,5)11-13-21/h15-17,20H,7-14H2,1-6H3. The Kier molecular flexibility index (Phi) is 5.41. The minimum atomic E-state index is 0.460. The number of rotatable bonds is 2. The zero-order valence-electron chi connectivity index (χ0n) is 15.3. The summed E-state index contributed by atoms with van der Waals surface area (Å²) in [6.45, 7) is 14.8. The van der Waals surface area contributed by atoms with Gasteiger partial charge in [0.15, 0.2) is 0 Å². The van der Waals surface area contributed by atoms with Crippen molar-refractivity contribution in [2.45, 2.75) is 85.2 Å². The summed E-state index contributed by atoms with van der Waals surface area (Å²) in [5, 5.41) is 3.62. The first kappa shape index (κ1) is 17.3. The number of likely N-dealkylation sites (tertiary alicyclic amines) is 1. The SMILES string of the molecule is CNC1CCC(C(C)(C)C)CC1N1CCCC(C)(C)CC1. The summed E-state index contributed by atoms with van der Waals surface area (Å²) >= 11 is 0. The van der Waals surface area contributed by atoms with Gasteiger partial charge in [-0.15, -0.1) is 0 Å². The summed E-state index contributed by atoms with van der Waals surface area (Å²) in [7, 11) is 2.16. The molecule has 0 aromatic carbocycles. The average Bonchev–Trinajstić information content (AvgIpc) is 2.58. The predicted molar refractivity (Wildman–Crippen MR) is 92.6 cm³/mol. The highest BCUT2D eigenvalue weighted by molar-refractivity contribution is 4.94. The van der Waals surface area contributed by atoms with Crippen molar-refractivity contribution in [3.05, 3.63) is 0 Å². The quantitative estimate of drug-likeness (QED) is 0.817. The first-order chi connectivity index (χ1) is 9.73. The summed E-state index contributed by atoms with van der Waals surface area (Å²) in [5.41, 5.74) is 1.00. The van der Waals surface area contributed by atoms with Crippen molar-refractivity contribution in [3.63, 3.8) is 0 Å². The Bertz CT molecular complexity index is 329. The van der Waals surface area contributed by atoms with Crippen molar-refractivity contribution in [2.24, 2.45) is 16.7 Å². The maximum absolute atomic E-state index is 3.62. The first-order valence-corrected chi connectivity index (χ1v) is 9.14. The summed E-state index contributed by atoms with van der Waals surface area (Å²) in [4.78, 5) is 2.83. The van der Waals surface area contributed by atoms with Gasteiger partial charge in [-0.25, -0.2) is 0 Å². The van der Waals surface area contributed by atoms with Crippen LogP contribution in [0.25, 0.3) is 0 Å². The Morgan fingerprint density at radius 2 is 1.76 bits per heavy atom. The normalized spacial score (nSPS) is 35.4. The largest absolute Gasteiger partial charge is 0.315 e. The maximum Gasteiger partial charge on any atom is 0.0252 e. The second-order valence-corrected chi connectivity index (χ2v) is 9.39. The van der Waals surface area contributed by atoms with Gasteiger partial charge in [0, 0.05) is 12.1 Å². The van der Waals surface area contributed by atoms with Gasteiger partial charge in [0.2, 0.25) is 0 Å². The molecule has 1 saturated heterocycles. The van der Waals surface area contributed by atoms with Crippen LogP contribution in [0, 0.1) is 16.7 Å². The molecule has 1 N–H and O–H groups in total. The van der Waals surface area contributed by atoms with E-state index in [0.29, 0.717) is 16.9 Å². The van der Waals surface area contributed by atoms with Gasteiger partial charge >= 0.3 is 0 Å². The smallest absolute Gasteiger partial charge is 0.0252 e. The molecular weight excluding hydrogens is 256 g/mol. The van der Waals surface area contributed by atoms with Crippen molar-refractivity contribution < 1.29 is 0 Å². The molecule has 0 spiro atoms. The van der Waals surface area contributed by atoms with Crippen LogP contribution in [0.3, 0.4) is 0 Å². The highest BCUT2D eigenvalue weighted by Crippen LogP contribution is 2.40. The molecule has 0 aromatic heterocycles. The van der Waals surface area contributed by atoms with Gasteiger partial charge in [-0.1, -0.05) is 34.6 Å². The summed E-state index contributed by atoms with van der Waals surface area (Å²) in [5.74, 6) is 0.878. The Morgan fingerprint density at radius 1 is 1.05 bits per heavy atom. The van der Waals surface area contributed by atoms with Crippen LogP contribution >= 0.6 is 0 Å². The molecule has 2 aliphatic rings. The summed E-state index contributed by atoms with van der Waals surface area (Å²) in [6, 6.07) is 1.45. The molecule has 2 nitrogen and oxygen atoms in total. The highest BCUT2D eigenvalue weighted by atomic mass is 15.2. The third-order valence-electron chi connectivity index (χ3n) is 6.26.